The van der Waals surface area contributed by atoms with Crippen molar-refractivity contribution < 1.29 is 23.8 Å². The van der Waals surface area contributed by atoms with E-state index in [2.05, 4.69) is 179 Å². The molecule has 0 aromatic carbocycles. The van der Waals surface area contributed by atoms with Gasteiger partial charge in [-0.3, -0.25) is 9.59 Å². The molecule has 0 saturated carbocycles. The van der Waals surface area contributed by atoms with Crippen molar-refractivity contribution in [2.45, 2.75) is 207 Å². The van der Waals surface area contributed by atoms with Crippen molar-refractivity contribution in [1.29, 1.82) is 0 Å². The summed E-state index contributed by atoms with van der Waals surface area (Å²) in [6.45, 7) is 7.33. The lowest BCUT2D eigenvalue weighted by molar-refractivity contribution is -0.162. The summed E-state index contributed by atoms with van der Waals surface area (Å²) in [4.78, 5) is 25.4. The van der Waals surface area contributed by atoms with Crippen molar-refractivity contribution in [2.24, 2.45) is 0 Å². The van der Waals surface area contributed by atoms with Crippen molar-refractivity contribution >= 4 is 11.9 Å². The Balaban J connectivity index is 4.48. The lowest BCUT2D eigenvalue weighted by Crippen LogP contribution is -2.30. The van der Waals surface area contributed by atoms with Crippen LogP contribution in [0.3, 0.4) is 0 Å². The van der Waals surface area contributed by atoms with Crippen LogP contribution in [-0.4, -0.2) is 37.9 Å². The average Bonchev–Trinajstić information content (AvgIpc) is 3.34. The molecule has 0 spiro atoms. The van der Waals surface area contributed by atoms with Gasteiger partial charge in [0.2, 0.25) is 0 Å². The second kappa shape index (κ2) is 56.8. The highest BCUT2D eigenvalue weighted by atomic mass is 16.6. The molecule has 0 amide bonds. The number of allylic oxidation sites excluding steroid dienone is 26. The molecule has 5 heteroatoms. The van der Waals surface area contributed by atoms with E-state index in [1.807, 2.05) is 0 Å². The van der Waals surface area contributed by atoms with Crippen molar-refractivity contribution in [3.8, 4) is 0 Å². The summed E-state index contributed by atoms with van der Waals surface area (Å²) in [7, 11) is 0. The SMILES string of the molecule is CC/C=C\C/C=C\C/C=C\C/C=C\C/C=C\CCCC(=O)OCC(COCCCCCCCCC/C=C\C/C=C\C/C=C\C/C=C\CC)OC(=O)CCCC/C=C\C/C=C\C/C=C\C/C=C\CC. The van der Waals surface area contributed by atoms with Crippen molar-refractivity contribution in [1.82, 2.24) is 0 Å². The Kier molecular flexibility index (Phi) is 53.1. The first-order chi connectivity index (χ1) is 33.6. The molecule has 0 rings (SSSR count). The number of carbonyl (C=O) groups is 2. The van der Waals surface area contributed by atoms with Crippen LogP contribution in [0, 0.1) is 0 Å². The fraction of sp³-hybridized carbons (Fsp3) is 0.556. The van der Waals surface area contributed by atoms with E-state index in [1.54, 1.807) is 0 Å². The van der Waals surface area contributed by atoms with Crippen LogP contribution in [0.25, 0.3) is 0 Å². The molecule has 0 bridgehead atoms. The summed E-state index contributed by atoms with van der Waals surface area (Å²) in [5.74, 6) is -0.532. The Hall–Kier alpha value is -4.48. The lowest BCUT2D eigenvalue weighted by Gasteiger charge is -2.18. The maximum Gasteiger partial charge on any atom is 0.306 e. The number of carbonyl (C=O) groups excluding carboxylic acids is 2. The summed E-state index contributed by atoms with van der Waals surface area (Å²) >= 11 is 0. The monoisotopic (exact) mass is 935 g/mol. The largest absolute Gasteiger partial charge is 0.462 e. The first-order valence-electron chi connectivity index (χ1n) is 27.0. The predicted octanol–water partition coefficient (Wildman–Crippen LogP) is 18.7. The maximum absolute atomic E-state index is 12.8. The van der Waals surface area contributed by atoms with Crippen molar-refractivity contribution in [2.75, 3.05) is 19.8 Å². The van der Waals surface area contributed by atoms with Crippen LogP contribution in [0.5, 0.6) is 0 Å². The summed E-state index contributed by atoms with van der Waals surface area (Å²) in [5.41, 5.74) is 0. The molecule has 1 atom stereocenters. The summed E-state index contributed by atoms with van der Waals surface area (Å²) < 4.78 is 17.3. The Morgan fingerprint density at radius 1 is 0.324 bits per heavy atom. The van der Waals surface area contributed by atoms with E-state index >= 15 is 0 Å². The van der Waals surface area contributed by atoms with Gasteiger partial charge in [-0.2, -0.15) is 0 Å². The third-order valence-electron chi connectivity index (χ3n) is 10.5. The second-order valence-corrected chi connectivity index (χ2v) is 17.0. The molecule has 68 heavy (non-hydrogen) atoms. The van der Waals surface area contributed by atoms with Crippen LogP contribution in [0.1, 0.15) is 201 Å². The van der Waals surface area contributed by atoms with Gasteiger partial charge in [0, 0.05) is 19.4 Å². The highest BCUT2D eigenvalue weighted by Crippen LogP contribution is 2.11. The van der Waals surface area contributed by atoms with E-state index in [4.69, 9.17) is 14.2 Å². The summed E-state index contributed by atoms with van der Waals surface area (Å²) in [6.07, 6.45) is 84.1. The Morgan fingerprint density at radius 3 is 1.03 bits per heavy atom. The average molecular weight is 935 g/mol. The minimum absolute atomic E-state index is 0.0229. The first-order valence-corrected chi connectivity index (χ1v) is 27.0. The zero-order chi connectivity index (χ0) is 49.2. The van der Waals surface area contributed by atoms with Gasteiger partial charge in [-0.05, 0) is 135 Å². The predicted molar refractivity (Wildman–Crippen MR) is 297 cm³/mol. The standard InChI is InChI=1S/C63H98O5/c1-4-7-10-13-16-19-22-25-28-30-31-32-34-37-40-43-46-49-52-55-58-66-59-61(68-63(65)57-54-51-48-45-42-39-35-27-24-21-18-15-12-9-6-3)60-67-62(64)56-53-50-47-44-41-38-36-33-29-26-23-20-17-14-11-8-5-2/h7-12,16-21,25-29,31-32,35-36,38,42,44-45,47,61H,4-6,13-15,22-24,30,33-34,37,39-41,43,46,48-60H2,1-3H3/b10-7-,11-8-,12-9-,19-16-,20-17-,21-18-,28-25-,29-26-,32-31-,35-27-,38-36-,45-42-,47-44-. The Bertz CT molecular complexity index is 1520. The Morgan fingerprint density at radius 2 is 0.632 bits per heavy atom. The molecule has 380 valence electrons. The van der Waals surface area contributed by atoms with E-state index in [0.717, 1.165) is 135 Å². The van der Waals surface area contributed by atoms with E-state index in [9.17, 15) is 9.59 Å². The van der Waals surface area contributed by atoms with Crippen LogP contribution >= 0.6 is 0 Å². The molecule has 0 radical (unpaired) electrons. The fourth-order valence-corrected chi connectivity index (χ4v) is 6.64. The first kappa shape index (κ1) is 63.5. The van der Waals surface area contributed by atoms with Gasteiger partial charge in [-0.25, -0.2) is 0 Å². The topological polar surface area (TPSA) is 61.8 Å². The van der Waals surface area contributed by atoms with Gasteiger partial charge in [-0.1, -0.05) is 211 Å². The van der Waals surface area contributed by atoms with Crippen molar-refractivity contribution in [3.63, 3.8) is 0 Å². The maximum atomic E-state index is 12.8. The summed E-state index contributed by atoms with van der Waals surface area (Å²) in [6, 6.07) is 0. The number of esters is 2. The number of hydrogen-bond acceptors (Lipinski definition) is 5. The van der Waals surface area contributed by atoms with Crippen LogP contribution in [0.2, 0.25) is 0 Å². The molecule has 0 heterocycles. The number of unbranched alkanes of at least 4 members (excludes halogenated alkanes) is 10. The van der Waals surface area contributed by atoms with Gasteiger partial charge in [0.25, 0.3) is 0 Å². The van der Waals surface area contributed by atoms with Crippen molar-refractivity contribution in [3.05, 3.63) is 158 Å². The normalized spacial score (nSPS) is 13.5. The van der Waals surface area contributed by atoms with Crippen LogP contribution in [0.15, 0.2) is 158 Å². The molecule has 0 aromatic rings. The van der Waals surface area contributed by atoms with Gasteiger partial charge >= 0.3 is 11.9 Å². The zero-order valence-electron chi connectivity index (χ0n) is 43.6. The van der Waals surface area contributed by atoms with E-state index in [1.165, 1.54) is 32.1 Å². The van der Waals surface area contributed by atoms with Crippen LogP contribution in [-0.2, 0) is 23.8 Å². The van der Waals surface area contributed by atoms with Crippen LogP contribution in [0.4, 0.5) is 0 Å². The van der Waals surface area contributed by atoms with Gasteiger partial charge in [0.05, 0.1) is 6.61 Å². The van der Waals surface area contributed by atoms with Gasteiger partial charge in [-0.15, -0.1) is 0 Å². The number of ether oxygens (including phenoxy) is 3. The molecular formula is C63H98O5. The third-order valence-corrected chi connectivity index (χ3v) is 10.5. The van der Waals surface area contributed by atoms with Gasteiger partial charge < -0.3 is 14.2 Å². The molecule has 0 saturated heterocycles. The minimum Gasteiger partial charge on any atom is -0.462 e. The fourth-order valence-electron chi connectivity index (χ4n) is 6.64. The zero-order valence-corrected chi connectivity index (χ0v) is 43.6. The third kappa shape index (κ3) is 54.1. The van der Waals surface area contributed by atoms with E-state index in [-0.39, 0.29) is 25.2 Å². The van der Waals surface area contributed by atoms with E-state index in [0.29, 0.717) is 19.4 Å². The second-order valence-electron chi connectivity index (χ2n) is 17.0. The minimum atomic E-state index is -0.600. The van der Waals surface area contributed by atoms with Gasteiger partial charge in [0.15, 0.2) is 6.10 Å². The molecular weight excluding hydrogens is 837 g/mol. The number of hydrogen-bond donors (Lipinski definition) is 0. The molecule has 0 aromatic heterocycles. The highest BCUT2D eigenvalue weighted by Gasteiger charge is 2.17. The number of rotatable bonds is 47. The summed E-state index contributed by atoms with van der Waals surface area (Å²) in [5, 5.41) is 0. The Labute approximate surface area is 418 Å². The van der Waals surface area contributed by atoms with E-state index < -0.39 is 6.10 Å². The molecule has 0 fully saturated rings. The molecule has 0 N–H and O–H groups in total. The molecule has 0 aliphatic carbocycles. The lowest BCUT2D eigenvalue weighted by atomic mass is 10.1. The molecule has 0 aliphatic rings. The quantitative estimate of drug-likeness (QED) is 0.0346. The molecule has 0 aliphatic heterocycles. The highest BCUT2D eigenvalue weighted by molar-refractivity contribution is 5.70. The molecule has 1 unspecified atom stereocenters. The van der Waals surface area contributed by atoms with Gasteiger partial charge in [0.1, 0.15) is 6.61 Å². The van der Waals surface area contributed by atoms with Crippen LogP contribution < -0.4 is 0 Å². The smallest absolute Gasteiger partial charge is 0.306 e. The molecule has 5 nitrogen and oxygen atoms in total.